The minimum atomic E-state index is -0.845. The van der Waals surface area contributed by atoms with Gasteiger partial charge in [-0.25, -0.2) is 0 Å². The minimum Gasteiger partial charge on any atom is -0.466 e. The van der Waals surface area contributed by atoms with Crippen LogP contribution in [0, 0.1) is 0 Å². The number of unbranched alkanes of at least 4 members (excludes halogenated alkanes) is 60. The topological polar surface area (TPSA) is 95.9 Å². The molecule has 0 spiro atoms. The van der Waals surface area contributed by atoms with Crippen molar-refractivity contribution in [1.82, 2.24) is 5.32 Å². The Morgan fingerprint density at radius 1 is 0.301 bits per heavy atom. The lowest BCUT2D eigenvalue weighted by atomic mass is 10.0. The maximum atomic E-state index is 12.6. The van der Waals surface area contributed by atoms with Crippen LogP contribution in [0.4, 0.5) is 0 Å². The molecule has 6 heteroatoms. The summed E-state index contributed by atoms with van der Waals surface area (Å²) >= 11 is 0. The first kappa shape index (κ1) is 90.6. The van der Waals surface area contributed by atoms with Gasteiger partial charge in [0.15, 0.2) is 0 Å². The second-order valence-corrected chi connectivity index (χ2v) is 28.8. The third-order valence-corrected chi connectivity index (χ3v) is 19.5. The molecular weight excluding hydrogens is 1140 g/mol. The molecule has 0 aliphatic rings. The number of ether oxygens (including phenoxy) is 1. The molecule has 0 aliphatic carbocycles. The Bertz CT molecular complexity index is 1600. The van der Waals surface area contributed by atoms with Gasteiger partial charge in [0.25, 0.3) is 0 Å². The second-order valence-electron chi connectivity index (χ2n) is 28.8. The van der Waals surface area contributed by atoms with Gasteiger partial charge in [-0.2, -0.15) is 0 Å². The number of esters is 1. The number of hydrogen-bond acceptors (Lipinski definition) is 5. The van der Waals surface area contributed by atoms with Crippen molar-refractivity contribution in [2.24, 2.45) is 0 Å². The lowest BCUT2D eigenvalue weighted by Crippen LogP contribution is -2.45. The van der Waals surface area contributed by atoms with Crippen molar-refractivity contribution < 1.29 is 24.5 Å². The number of allylic oxidation sites excluding steroid dienone is 9. The van der Waals surface area contributed by atoms with Gasteiger partial charge >= 0.3 is 5.97 Å². The van der Waals surface area contributed by atoms with Crippen LogP contribution in [0.15, 0.2) is 60.8 Å². The lowest BCUT2D eigenvalue weighted by Gasteiger charge is -2.20. The second kappa shape index (κ2) is 82.0. The fourth-order valence-electron chi connectivity index (χ4n) is 13.1. The predicted octanol–water partition coefficient (Wildman–Crippen LogP) is 28.1. The Labute approximate surface area is 581 Å². The van der Waals surface area contributed by atoms with Crippen LogP contribution >= 0.6 is 0 Å². The van der Waals surface area contributed by atoms with Gasteiger partial charge < -0.3 is 20.3 Å². The molecule has 0 aromatic heterocycles. The highest BCUT2D eigenvalue weighted by Gasteiger charge is 2.18. The maximum absolute atomic E-state index is 12.6. The third kappa shape index (κ3) is 78.4. The molecule has 0 bridgehead atoms. The van der Waals surface area contributed by atoms with E-state index in [1.165, 1.54) is 372 Å². The van der Waals surface area contributed by atoms with Crippen LogP contribution in [0.1, 0.15) is 457 Å². The normalized spacial score (nSPS) is 12.8. The largest absolute Gasteiger partial charge is 0.466 e. The first-order valence-corrected chi connectivity index (χ1v) is 42.1. The van der Waals surface area contributed by atoms with Crippen molar-refractivity contribution in [3.8, 4) is 0 Å². The first-order valence-electron chi connectivity index (χ1n) is 42.1. The molecule has 0 aliphatic heterocycles. The van der Waals surface area contributed by atoms with Crippen LogP contribution in [-0.4, -0.2) is 47.4 Å². The van der Waals surface area contributed by atoms with E-state index in [0.29, 0.717) is 19.4 Å². The van der Waals surface area contributed by atoms with E-state index < -0.39 is 12.1 Å². The van der Waals surface area contributed by atoms with Gasteiger partial charge in [-0.15, -0.1) is 0 Å². The summed E-state index contributed by atoms with van der Waals surface area (Å²) in [6.07, 6.45) is 111. The zero-order valence-corrected chi connectivity index (χ0v) is 62.8. The van der Waals surface area contributed by atoms with Crippen molar-refractivity contribution in [2.75, 3.05) is 13.2 Å². The Morgan fingerprint density at radius 2 is 0.538 bits per heavy atom. The molecule has 1 amide bonds. The van der Waals surface area contributed by atoms with Gasteiger partial charge in [-0.05, 0) is 96.3 Å². The summed E-state index contributed by atoms with van der Waals surface area (Å²) in [5.74, 6) is -0.0558. The Hall–Kier alpha value is -2.44. The van der Waals surface area contributed by atoms with E-state index in [9.17, 15) is 19.8 Å². The van der Waals surface area contributed by atoms with E-state index >= 15 is 0 Å². The van der Waals surface area contributed by atoms with Crippen molar-refractivity contribution in [1.29, 1.82) is 0 Å². The molecule has 0 aromatic carbocycles. The van der Waals surface area contributed by atoms with Crippen LogP contribution in [0.5, 0.6) is 0 Å². The molecule has 6 nitrogen and oxygen atoms in total. The number of aliphatic hydroxyl groups is 2. The van der Waals surface area contributed by atoms with Gasteiger partial charge in [-0.3, -0.25) is 9.59 Å². The number of aliphatic hydroxyl groups excluding tert-OH is 2. The van der Waals surface area contributed by atoms with Gasteiger partial charge in [-0.1, -0.05) is 408 Å². The van der Waals surface area contributed by atoms with Gasteiger partial charge in [0, 0.05) is 12.8 Å². The molecule has 93 heavy (non-hydrogen) atoms. The summed E-state index contributed by atoms with van der Waals surface area (Å²) in [7, 11) is 0. The minimum absolute atomic E-state index is 0.00480. The SMILES string of the molecule is CCCCC/C=C\C/C=C\CCCCCCCC(=O)OCCCCCCCCCCCCCCC/C=C\C/C=C\CCCCCCCCCCCCCCCCCCCC(=O)NC(CO)C(O)/C=C/CCCCCCCCCCCCCCCCCCCCCCCC. The molecule has 546 valence electrons. The number of carbonyl (C=O) groups is 2. The maximum Gasteiger partial charge on any atom is 0.305 e. The van der Waals surface area contributed by atoms with E-state index in [1.807, 2.05) is 6.08 Å². The fraction of sp³-hybridized carbons (Fsp3) is 0.862. The molecule has 0 saturated heterocycles. The van der Waals surface area contributed by atoms with Crippen molar-refractivity contribution >= 4 is 11.9 Å². The van der Waals surface area contributed by atoms with Crippen LogP contribution in [0.3, 0.4) is 0 Å². The predicted molar refractivity (Wildman–Crippen MR) is 412 cm³/mol. The summed E-state index contributed by atoms with van der Waals surface area (Å²) < 4.78 is 5.49. The lowest BCUT2D eigenvalue weighted by molar-refractivity contribution is -0.143. The van der Waals surface area contributed by atoms with E-state index in [2.05, 4.69) is 67.8 Å². The van der Waals surface area contributed by atoms with Crippen LogP contribution in [0.25, 0.3) is 0 Å². The highest BCUT2D eigenvalue weighted by Crippen LogP contribution is 2.20. The quantitative estimate of drug-likeness (QED) is 0.0320. The molecular formula is C87H163NO5. The molecule has 0 saturated carbocycles. The Morgan fingerprint density at radius 3 is 0.839 bits per heavy atom. The molecule has 0 heterocycles. The number of hydrogen-bond donors (Lipinski definition) is 3. The smallest absolute Gasteiger partial charge is 0.305 e. The van der Waals surface area contributed by atoms with E-state index in [4.69, 9.17) is 4.74 Å². The number of carbonyl (C=O) groups excluding carboxylic acids is 2. The summed E-state index contributed by atoms with van der Waals surface area (Å²) in [4.78, 5) is 24.6. The highest BCUT2D eigenvalue weighted by atomic mass is 16.5. The molecule has 0 radical (unpaired) electrons. The van der Waals surface area contributed by atoms with E-state index in [-0.39, 0.29) is 18.5 Å². The van der Waals surface area contributed by atoms with Crippen molar-refractivity contribution in [3.05, 3.63) is 60.8 Å². The third-order valence-electron chi connectivity index (χ3n) is 19.5. The molecule has 0 fully saturated rings. The molecule has 0 aromatic rings. The van der Waals surface area contributed by atoms with Crippen LogP contribution in [-0.2, 0) is 14.3 Å². The molecule has 3 N–H and O–H groups in total. The molecule has 2 atom stereocenters. The number of amides is 1. The highest BCUT2D eigenvalue weighted by molar-refractivity contribution is 5.76. The van der Waals surface area contributed by atoms with Crippen LogP contribution in [0.2, 0.25) is 0 Å². The average molecular weight is 1300 g/mol. The standard InChI is InChI=1S/C87H163NO5/c1-3-5-7-9-11-13-15-17-19-20-21-22-23-39-42-45-48-52-55-59-63-67-71-75-79-85(90)84(83-89)88-86(91)80-76-72-68-64-60-56-53-49-46-43-40-37-35-33-31-29-27-25-24-26-28-30-32-34-36-38-41-44-47-50-54-58-62-66-70-74-78-82-93-87(92)81-77-73-69-65-61-57-51-18-16-14-12-10-8-6-4-2/h12,14,18,24,26,30,32,51,75,79,84-85,89-90H,3-11,13,15-17,19-23,25,27-29,31,33-50,52-74,76-78,80-83H2,1-2H3,(H,88,91)/b14-12-,26-24-,32-30-,51-18-,79-75+. The Balaban J connectivity index is 3.39. The summed E-state index contributed by atoms with van der Waals surface area (Å²) in [6, 6.07) is -0.628. The fourth-order valence-corrected chi connectivity index (χ4v) is 13.1. The zero-order chi connectivity index (χ0) is 67.0. The number of rotatable bonds is 79. The molecule has 2 unspecified atom stereocenters. The Kier molecular flexibility index (Phi) is 79.8. The van der Waals surface area contributed by atoms with Crippen molar-refractivity contribution in [3.63, 3.8) is 0 Å². The average Bonchev–Trinajstić information content (AvgIpc) is 3.78. The monoisotopic (exact) mass is 1300 g/mol. The number of nitrogens with one attached hydrogen (secondary N) is 1. The van der Waals surface area contributed by atoms with E-state index in [1.54, 1.807) is 6.08 Å². The van der Waals surface area contributed by atoms with Gasteiger partial charge in [0.2, 0.25) is 5.91 Å². The summed E-state index contributed by atoms with van der Waals surface area (Å²) in [6.45, 7) is 4.92. The summed E-state index contributed by atoms with van der Waals surface area (Å²) in [5.41, 5.74) is 0. The van der Waals surface area contributed by atoms with Gasteiger partial charge in [0.1, 0.15) is 0 Å². The van der Waals surface area contributed by atoms with Gasteiger partial charge in [0.05, 0.1) is 25.4 Å². The molecule has 0 rings (SSSR count). The first-order chi connectivity index (χ1) is 46.0. The van der Waals surface area contributed by atoms with Crippen LogP contribution < -0.4 is 5.32 Å². The van der Waals surface area contributed by atoms with E-state index in [0.717, 1.165) is 57.8 Å². The van der Waals surface area contributed by atoms with Crippen molar-refractivity contribution in [2.45, 2.75) is 469 Å². The summed E-state index contributed by atoms with van der Waals surface area (Å²) in [5, 5.41) is 23.3. The zero-order valence-electron chi connectivity index (χ0n) is 62.8.